The highest BCUT2D eigenvalue weighted by Crippen LogP contribution is 2.28. The molecule has 0 bridgehead atoms. The zero-order valence-corrected chi connectivity index (χ0v) is 10.5. The summed E-state index contributed by atoms with van der Waals surface area (Å²) < 4.78 is 5.71. The molecule has 1 aromatic carbocycles. The minimum atomic E-state index is 0.788. The van der Waals surface area contributed by atoms with Crippen molar-refractivity contribution < 1.29 is 4.42 Å². The molecule has 0 unspecified atom stereocenters. The van der Waals surface area contributed by atoms with Crippen molar-refractivity contribution in [2.45, 2.75) is 39.2 Å². The Morgan fingerprint density at radius 1 is 1.24 bits per heavy atom. The van der Waals surface area contributed by atoms with E-state index in [0.717, 1.165) is 24.6 Å². The minimum Gasteiger partial charge on any atom is -0.464 e. The van der Waals surface area contributed by atoms with E-state index in [1.807, 2.05) is 6.26 Å². The van der Waals surface area contributed by atoms with E-state index in [0.29, 0.717) is 0 Å². The molecule has 1 heterocycles. The van der Waals surface area contributed by atoms with Crippen molar-refractivity contribution >= 4 is 11.0 Å². The van der Waals surface area contributed by atoms with Gasteiger partial charge in [0, 0.05) is 11.4 Å². The van der Waals surface area contributed by atoms with Crippen molar-refractivity contribution in [1.82, 2.24) is 5.32 Å². The second kappa shape index (κ2) is 4.19. The summed E-state index contributed by atoms with van der Waals surface area (Å²) >= 11 is 0. The monoisotopic (exact) mass is 229 g/mol. The number of furan rings is 1. The Morgan fingerprint density at radius 3 is 2.76 bits per heavy atom. The predicted octanol–water partition coefficient (Wildman–Crippen LogP) is 3.34. The number of hydrogen-bond acceptors (Lipinski definition) is 2. The smallest absolute Gasteiger partial charge is 0.137 e. The first-order valence-electron chi connectivity index (χ1n) is 6.45. The summed E-state index contributed by atoms with van der Waals surface area (Å²) in [6, 6.07) is 5.11. The molecule has 2 heteroatoms. The SMILES string of the molecule is Cc1ccc(C)c2c(CCNC3CC3)coc12. The van der Waals surface area contributed by atoms with E-state index < -0.39 is 0 Å². The van der Waals surface area contributed by atoms with Crippen LogP contribution in [0.5, 0.6) is 0 Å². The fourth-order valence-corrected chi connectivity index (χ4v) is 2.41. The Labute approximate surface area is 102 Å². The zero-order chi connectivity index (χ0) is 11.8. The first kappa shape index (κ1) is 10.8. The average Bonchev–Trinajstić information content (AvgIpc) is 3.03. The molecule has 1 aliphatic carbocycles. The third-order valence-corrected chi connectivity index (χ3v) is 3.61. The van der Waals surface area contributed by atoms with Crippen molar-refractivity contribution in [3.63, 3.8) is 0 Å². The lowest BCUT2D eigenvalue weighted by Gasteiger charge is -2.03. The van der Waals surface area contributed by atoms with Crippen LogP contribution in [0.1, 0.15) is 29.5 Å². The van der Waals surface area contributed by atoms with Crippen LogP contribution in [-0.2, 0) is 6.42 Å². The van der Waals surface area contributed by atoms with Crippen LogP contribution in [0, 0.1) is 13.8 Å². The molecule has 1 fully saturated rings. The van der Waals surface area contributed by atoms with Gasteiger partial charge >= 0.3 is 0 Å². The number of hydrogen-bond donors (Lipinski definition) is 1. The summed E-state index contributed by atoms with van der Waals surface area (Å²) in [5, 5.41) is 4.87. The van der Waals surface area contributed by atoms with Crippen molar-refractivity contribution in [3.05, 3.63) is 35.1 Å². The summed E-state index contributed by atoms with van der Waals surface area (Å²) in [5.74, 6) is 0. The Balaban J connectivity index is 1.85. The van der Waals surface area contributed by atoms with Gasteiger partial charge in [0.15, 0.2) is 0 Å². The first-order valence-corrected chi connectivity index (χ1v) is 6.45. The lowest BCUT2D eigenvalue weighted by molar-refractivity contribution is 0.603. The molecule has 0 spiro atoms. The molecule has 0 aliphatic heterocycles. The van der Waals surface area contributed by atoms with Crippen LogP contribution in [0.4, 0.5) is 0 Å². The quantitative estimate of drug-likeness (QED) is 0.869. The standard InChI is InChI=1S/C15H19NO/c1-10-3-4-11(2)15-14(10)12(9-17-15)7-8-16-13-5-6-13/h3-4,9,13,16H,5-8H2,1-2H3. The van der Waals surface area contributed by atoms with Crippen LogP contribution in [0.25, 0.3) is 11.0 Å². The molecule has 17 heavy (non-hydrogen) atoms. The van der Waals surface area contributed by atoms with E-state index in [1.54, 1.807) is 0 Å². The highest BCUT2D eigenvalue weighted by molar-refractivity contribution is 5.87. The van der Waals surface area contributed by atoms with E-state index in [1.165, 1.54) is 34.9 Å². The van der Waals surface area contributed by atoms with Gasteiger partial charge in [-0.3, -0.25) is 0 Å². The topological polar surface area (TPSA) is 25.2 Å². The summed E-state index contributed by atoms with van der Waals surface area (Å²) in [6.45, 7) is 5.33. The third-order valence-electron chi connectivity index (χ3n) is 3.61. The van der Waals surface area contributed by atoms with Crippen LogP contribution in [0.2, 0.25) is 0 Å². The van der Waals surface area contributed by atoms with Crippen molar-refractivity contribution in [2.75, 3.05) is 6.54 Å². The Bertz CT molecular complexity index is 537. The first-order chi connectivity index (χ1) is 8.25. The fraction of sp³-hybridized carbons (Fsp3) is 0.467. The number of benzene rings is 1. The number of aryl methyl sites for hydroxylation is 2. The van der Waals surface area contributed by atoms with Gasteiger partial charge in [0.25, 0.3) is 0 Å². The summed E-state index contributed by atoms with van der Waals surface area (Å²) in [7, 11) is 0. The molecule has 1 aliphatic rings. The van der Waals surface area contributed by atoms with Gasteiger partial charge in [-0.2, -0.15) is 0 Å². The predicted molar refractivity (Wildman–Crippen MR) is 70.4 cm³/mol. The van der Waals surface area contributed by atoms with Gasteiger partial charge in [-0.05, 0) is 56.3 Å². The maximum atomic E-state index is 5.71. The van der Waals surface area contributed by atoms with E-state index in [-0.39, 0.29) is 0 Å². The molecule has 1 N–H and O–H groups in total. The third kappa shape index (κ3) is 2.09. The summed E-state index contributed by atoms with van der Waals surface area (Å²) in [4.78, 5) is 0. The van der Waals surface area contributed by atoms with E-state index >= 15 is 0 Å². The molecule has 1 aromatic heterocycles. The molecule has 2 nitrogen and oxygen atoms in total. The normalized spacial score (nSPS) is 15.6. The molecule has 1 saturated carbocycles. The second-order valence-corrected chi connectivity index (χ2v) is 5.14. The van der Waals surface area contributed by atoms with Crippen LogP contribution in [0.15, 0.2) is 22.8 Å². The molecule has 0 saturated heterocycles. The van der Waals surface area contributed by atoms with Crippen LogP contribution in [0.3, 0.4) is 0 Å². The summed E-state index contributed by atoms with van der Waals surface area (Å²) in [5.41, 5.74) is 4.95. The number of nitrogens with one attached hydrogen (secondary N) is 1. The maximum absolute atomic E-state index is 5.71. The molecule has 3 rings (SSSR count). The molecule has 0 atom stereocenters. The van der Waals surface area contributed by atoms with E-state index in [9.17, 15) is 0 Å². The summed E-state index contributed by atoms with van der Waals surface area (Å²) in [6.07, 6.45) is 5.70. The van der Waals surface area contributed by atoms with Gasteiger partial charge in [0.1, 0.15) is 5.58 Å². The molecular weight excluding hydrogens is 210 g/mol. The van der Waals surface area contributed by atoms with Gasteiger partial charge in [-0.25, -0.2) is 0 Å². The fourth-order valence-electron chi connectivity index (χ4n) is 2.41. The molecule has 2 aromatic rings. The van der Waals surface area contributed by atoms with E-state index in [4.69, 9.17) is 4.42 Å². The maximum Gasteiger partial charge on any atom is 0.137 e. The highest BCUT2D eigenvalue weighted by Gasteiger charge is 2.20. The van der Waals surface area contributed by atoms with Gasteiger partial charge in [-0.1, -0.05) is 12.1 Å². The average molecular weight is 229 g/mol. The van der Waals surface area contributed by atoms with Crippen LogP contribution in [-0.4, -0.2) is 12.6 Å². The highest BCUT2D eigenvalue weighted by atomic mass is 16.3. The lowest BCUT2D eigenvalue weighted by atomic mass is 10.0. The van der Waals surface area contributed by atoms with Crippen molar-refractivity contribution in [3.8, 4) is 0 Å². The van der Waals surface area contributed by atoms with Gasteiger partial charge in [-0.15, -0.1) is 0 Å². The van der Waals surface area contributed by atoms with Gasteiger partial charge < -0.3 is 9.73 Å². The van der Waals surface area contributed by atoms with E-state index in [2.05, 4.69) is 31.3 Å². The van der Waals surface area contributed by atoms with Gasteiger partial charge in [0.05, 0.1) is 6.26 Å². The Morgan fingerprint density at radius 2 is 2.00 bits per heavy atom. The lowest BCUT2D eigenvalue weighted by Crippen LogP contribution is -2.19. The van der Waals surface area contributed by atoms with Crippen molar-refractivity contribution in [2.24, 2.45) is 0 Å². The van der Waals surface area contributed by atoms with Gasteiger partial charge in [0.2, 0.25) is 0 Å². The Hall–Kier alpha value is -1.28. The molecular formula is C15H19NO. The van der Waals surface area contributed by atoms with Crippen molar-refractivity contribution in [1.29, 1.82) is 0 Å². The molecule has 0 amide bonds. The molecule has 90 valence electrons. The number of fused-ring (bicyclic) bond motifs is 1. The minimum absolute atomic E-state index is 0.788. The Kier molecular flexibility index (Phi) is 2.67. The molecule has 0 radical (unpaired) electrons. The van der Waals surface area contributed by atoms with Crippen LogP contribution < -0.4 is 5.32 Å². The largest absolute Gasteiger partial charge is 0.464 e. The van der Waals surface area contributed by atoms with Crippen LogP contribution >= 0.6 is 0 Å². The second-order valence-electron chi connectivity index (χ2n) is 5.14. The zero-order valence-electron chi connectivity index (χ0n) is 10.5. The number of rotatable bonds is 4.